The van der Waals surface area contributed by atoms with E-state index < -0.39 is 0 Å². The summed E-state index contributed by atoms with van der Waals surface area (Å²) in [5.74, 6) is 0. The quantitative estimate of drug-likeness (QED) is 0.491. The third-order valence-corrected chi connectivity index (χ3v) is 1.74. The Hall–Kier alpha value is -0.300. The molecular weight excluding hydrogens is 112 g/mol. The van der Waals surface area contributed by atoms with Crippen molar-refractivity contribution >= 4 is 0 Å². The van der Waals surface area contributed by atoms with Gasteiger partial charge in [-0.25, -0.2) is 0 Å². The van der Waals surface area contributed by atoms with Gasteiger partial charge in [-0.2, -0.15) is 0 Å². The average molecular weight is 126 g/mol. The molecule has 0 amide bonds. The van der Waals surface area contributed by atoms with Gasteiger partial charge < -0.3 is 5.11 Å². The maximum atomic E-state index is 9.18. The zero-order chi connectivity index (χ0) is 6.53. The molecule has 1 aliphatic carbocycles. The zero-order valence-electron chi connectivity index (χ0n) is 5.71. The van der Waals surface area contributed by atoms with E-state index in [1.807, 2.05) is 0 Å². The fraction of sp³-hybridized carbons (Fsp3) is 0.750. The minimum Gasteiger partial charge on any atom is -0.393 e. The van der Waals surface area contributed by atoms with Crippen LogP contribution in [-0.2, 0) is 0 Å². The minimum atomic E-state index is -0.0325. The van der Waals surface area contributed by atoms with Crippen LogP contribution in [0.5, 0.6) is 0 Å². The van der Waals surface area contributed by atoms with E-state index in [4.69, 9.17) is 0 Å². The number of aliphatic hydroxyl groups is 1. The Morgan fingerprint density at radius 3 is 2.78 bits per heavy atom. The largest absolute Gasteiger partial charge is 0.393 e. The van der Waals surface area contributed by atoms with Crippen LogP contribution in [-0.4, -0.2) is 11.2 Å². The van der Waals surface area contributed by atoms with Gasteiger partial charge in [0.15, 0.2) is 0 Å². The van der Waals surface area contributed by atoms with Crippen LogP contribution in [0, 0.1) is 0 Å². The van der Waals surface area contributed by atoms with Gasteiger partial charge in [-0.1, -0.05) is 12.2 Å². The first-order chi connectivity index (χ1) is 4.39. The molecule has 1 atom stereocenters. The first kappa shape index (κ1) is 6.81. The van der Waals surface area contributed by atoms with Gasteiger partial charge in [0.2, 0.25) is 0 Å². The van der Waals surface area contributed by atoms with E-state index in [1.165, 1.54) is 0 Å². The summed E-state index contributed by atoms with van der Waals surface area (Å²) in [5, 5.41) is 9.18. The molecule has 0 radical (unpaired) electrons. The fourth-order valence-electron chi connectivity index (χ4n) is 1.14. The van der Waals surface area contributed by atoms with E-state index in [0.29, 0.717) is 0 Å². The van der Waals surface area contributed by atoms with E-state index in [2.05, 4.69) is 12.2 Å². The van der Waals surface area contributed by atoms with Crippen molar-refractivity contribution in [1.29, 1.82) is 0 Å². The Balaban J connectivity index is 2.27. The van der Waals surface area contributed by atoms with Crippen LogP contribution in [0.2, 0.25) is 0 Å². The molecule has 1 nitrogen and oxygen atoms in total. The lowest BCUT2D eigenvalue weighted by molar-refractivity contribution is 0.152. The van der Waals surface area contributed by atoms with Gasteiger partial charge in [-0.3, -0.25) is 0 Å². The van der Waals surface area contributed by atoms with Crippen molar-refractivity contribution in [2.75, 3.05) is 0 Å². The van der Waals surface area contributed by atoms with Crippen LogP contribution in [0.25, 0.3) is 0 Å². The molecule has 1 heteroatoms. The Morgan fingerprint density at radius 1 is 1.11 bits per heavy atom. The molecule has 0 aromatic carbocycles. The highest BCUT2D eigenvalue weighted by Crippen LogP contribution is 2.11. The summed E-state index contributed by atoms with van der Waals surface area (Å²) in [4.78, 5) is 0. The van der Waals surface area contributed by atoms with Gasteiger partial charge in [0.25, 0.3) is 0 Å². The summed E-state index contributed by atoms with van der Waals surface area (Å²) in [6, 6.07) is 0. The number of hydrogen-bond donors (Lipinski definition) is 1. The predicted molar refractivity (Wildman–Crippen MR) is 38.2 cm³/mol. The normalized spacial score (nSPS) is 32.8. The van der Waals surface area contributed by atoms with Gasteiger partial charge in [0, 0.05) is 0 Å². The van der Waals surface area contributed by atoms with Crippen LogP contribution in [0.1, 0.15) is 32.1 Å². The van der Waals surface area contributed by atoms with E-state index in [0.717, 1.165) is 32.1 Å². The molecule has 0 saturated heterocycles. The fourth-order valence-corrected chi connectivity index (χ4v) is 1.14. The molecule has 1 N–H and O–H groups in total. The van der Waals surface area contributed by atoms with Crippen molar-refractivity contribution in [3.8, 4) is 0 Å². The van der Waals surface area contributed by atoms with Gasteiger partial charge in [-0.15, -0.1) is 0 Å². The number of hydrogen-bond acceptors (Lipinski definition) is 1. The molecule has 0 aromatic rings. The minimum absolute atomic E-state index is 0.0325. The zero-order valence-corrected chi connectivity index (χ0v) is 5.71. The summed E-state index contributed by atoms with van der Waals surface area (Å²) >= 11 is 0. The molecule has 0 fully saturated rings. The Bertz CT molecular complexity index is 96.7. The number of aliphatic hydroxyl groups excluding tert-OH is 1. The van der Waals surface area contributed by atoms with Crippen molar-refractivity contribution < 1.29 is 5.11 Å². The Morgan fingerprint density at radius 2 is 1.89 bits per heavy atom. The number of rotatable bonds is 0. The smallest absolute Gasteiger partial charge is 0.0543 e. The summed E-state index contributed by atoms with van der Waals surface area (Å²) in [7, 11) is 0. The highest BCUT2D eigenvalue weighted by atomic mass is 16.3. The molecule has 0 heterocycles. The predicted octanol–water partition coefficient (Wildman–Crippen LogP) is 1.87. The average Bonchev–Trinajstić information content (AvgIpc) is 1.79. The van der Waals surface area contributed by atoms with Crippen LogP contribution in [0.15, 0.2) is 12.2 Å². The van der Waals surface area contributed by atoms with Gasteiger partial charge in [0.05, 0.1) is 6.10 Å². The van der Waals surface area contributed by atoms with Gasteiger partial charge in [-0.05, 0) is 32.1 Å². The SMILES string of the molecule is O[C@@H]1CC/C=C/CCC1. The molecule has 0 spiro atoms. The molecule has 0 unspecified atom stereocenters. The second-order valence-electron chi connectivity index (χ2n) is 2.63. The van der Waals surface area contributed by atoms with Crippen molar-refractivity contribution in [3.05, 3.63) is 12.2 Å². The van der Waals surface area contributed by atoms with E-state index in [1.54, 1.807) is 0 Å². The maximum absolute atomic E-state index is 9.18. The highest BCUT2D eigenvalue weighted by Gasteiger charge is 2.02. The van der Waals surface area contributed by atoms with Crippen molar-refractivity contribution in [2.24, 2.45) is 0 Å². The first-order valence-corrected chi connectivity index (χ1v) is 3.72. The van der Waals surface area contributed by atoms with Crippen molar-refractivity contribution in [2.45, 2.75) is 38.2 Å². The van der Waals surface area contributed by atoms with Crippen molar-refractivity contribution in [3.63, 3.8) is 0 Å². The molecular formula is C8H14O. The van der Waals surface area contributed by atoms with Crippen LogP contribution >= 0.6 is 0 Å². The third kappa shape index (κ3) is 2.66. The maximum Gasteiger partial charge on any atom is 0.0543 e. The molecule has 52 valence electrons. The van der Waals surface area contributed by atoms with E-state index in [9.17, 15) is 5.11 Å². The topological polar surface area (TPSA) is 20.2 Å². The van der Waals surface area contributed by atoms with Crippen LogP contribution in [0.3, 0.4) is 0 Å². The second kappa shape index (κ2) is 3.67. The molecule has 0 aromatic heterocycles. The molecule has 0 saturated carbocycles. The summed E-state index contributed by atoms with van der Waals surface area (Å²) < 4.78 is 0. The van der Waals surface area contributed by atoms with Crippen LogP contribution < -0.4 is 0 Å². The Labute approximate surface area is 56.4 Å². The molecule has 1 rings (SSSR count). The second-order valence-corrected chi connectivity index (χ2v) is 2.63. The van der Waals surface area contributed by atoms with E-state index in [-0.39, 0.29) is 6.10 Å². The van der Waals surface area contributed by atoms with Gasteiger partial charge >= 0.3 is 0 Å². The summed E-state index contributed by atoms with van der Waals surface area (Å²) in [6.07, 6.45) is 9.65. The molecule has 9 heavy (non-hydrogen) atoms. The summed E-state index contributed by atoms with van der Waals surface area (Å²) in [5.41, 5.74) is 0. The molecule has 0 aliphatic heterocycles. The van der Waals surface area contributed by atoms with E-state index >= 15 is 0 Å². The van der Waals surface area contributed by atoms with Gasteiger partial charge in [0.1, 0.15) is 0 Å². The van der Waals surface area contributed by atoms with Crippen LogP contribution in [0.4, 0.5) is 0 Å². The monoisotopic (exact) mass is 126 g/mol. The third-order valence-electron chi connectivity index (χ3n) is 1.74. The lowest BCUT2D eigenvalue weighted by Crippen LogP contribution is -2.06. The molecule has 0 bridgehead atoms. The Kier molecular flexibility index (Phi) is 2.78. The standard InChI is InChI=1S/C8H14O/c9-8-6-4-2-1-3-5-7-8/h1-2,8-9H,3-7H2/b2-1+/t8-/m1/s1. The summed E-state index contributed by atoms with van der Waals surface area (Å²) in [6.45, 7) is 0. The number of allylic oxidation sites excluding steroid dienone is 2. The first-order valence-electron chi connectivity index (χ1n) is 3.72. The lowest BCUT2D eigenvalue weighted by atomic mass is 10.0. The lowest BCUT2D eigenvalue weighted by Gasteiger charge is -2.09. The highest BCUT2D eigenvalue weighted by molar-refractivity contribution is 4.84. The van der Waals surface area contributed by atoms with Crippen molar-refractivity contribution in [1.82, 2.24) is 0 Å². The molecule has 1 aliphatic rings.